The average molecular weight is 319 g/mol. The Hall–Kier alpha value is -2.81. The van der Waals surface area contributed by atoms with Gasteiger partial charge in [0.05, 0.1) is 11.1 Å². The summed E-state index contributed by atoms with van der Waals surface area (Å²) < 4.78 is 20.8. The fraction of sp³-hybridized carbons (Fsp3) is 0.143. The van der Waals surface area contributed by atoms with Gasteiger partial charge in [-0.2, -0.15) is 0 Å². The fourth-order valence-electron chi connectivity index (χ4n) is 3.05. The molecule has 0 aliphatic heterocycles. The number of aromatic nitrogens is 1. The largest absolute Gasteiger partial charge is 0.451 e. The molecule has 0 radical (unpaired) electrons. The molecule has 4 aromatic rings. The molecule has 0 spiro atoms. The van der Waals surface area contributed by atoms with Crippen LogP contribution < -0.4 is 0 Å². The van der Waals surface area contributed by atoms with Gasteiger partial charge < -0.3 is 9.40 Å². The number of nitrogens with one attached hydrogen (secondary N) is 1. The Morgan fingerprint density at radius 3 is 2.17 bits per heavy atom. The minimum atomic E-state index is -0.302. The minimum Gasteiger partial charge on any atom is -0.451 e. The molecule has 0 saturated carbocycles. The summed E-state index contributed by atoms with van der Waals surface area (Å²) in [5, 5.41) is 0.566. The molecular formula is C21H18FNO. The van der Waals surface area contributed by atoms with Crippen LogP contribution in [0.25, 0.3) is 33.7 Å². The van der Waals surface area contributed by atoms with E-state index in [-0.39, 0.29) is 11.6 Å². The van der Waals surface area contributed by atoms with Crippen molar-refractivity contribution in [2.45, 2.75) is 20.8 Å². The van der Waals surface area contributed by atoms with Gasteiger partial charge >= 0.3 is 0 Å². The maximum Gasteiger partial charge on any atom is 0.187 e. The van der Waals surface area contributed by atoms with Crippen LogP contribution in [-0.2, 0) is 0 Å². The summed E-state index contributed by atoms with van der Waals surface area (Å²) in [4.78, 5) is 3.27. The Balaban J connectivity index is 1.84. The van der Waals surface area contributed by atoms with Gasteiger partial charge in [-0.3, -0.25) is 0 Å². The zero-order chi connectivity index (χ0) is 16.8. The van der Waals surface area contributed by atoms with Crippen LogP contribution in [0.3, 0.4) is 0 Å². The van der Waals surface area contributed by atoms with E-state index >= 15 is 0 Å². The molecule has 0 unspecified atom stereocenters. The lowest BCUT2D eigenvalue weighted by molar-refractivity contribution is 0.571. The highest BCUT2D eigenvalue weighted by molar-refractivity contribution is 5.88. The smallest absolute Gasteiger partial charge is 0.187 e. The first-order chi connectivity index (χ1) is 11.5. The summed E-state index contributed by atoms with van der Waals surface area (Å²) in [6.45, 7) is 5.88. The van der Waals surface area contributed by atoms with E-state index in [9.17, 15) is 4.39 Å². The van der Waals surface area contributed by atoms with E-state index in [1.54, 1.807) is 0 Å². The molecule has 2 aromatic heterocycles. The number of hydrogen-bond donors (Lipinski definition) is 1. The van der Waals surface area contributed by atoms with Crippen molar-refractivity contribution in [2.24, 2.45) is 0 Å². The monoisotopic (exact) mass is 319 g/mol. The number of hydrogen-bond acceptors (Lipinski definition) is 1. The summed E-state index contributed by atoms with van der Waals surface area (Å²) in [5.74, 6) is -0.0377. The fourth-order valence-corrected chi connectivity index (χ4v) is 3.05. The van der Waals surface area contributed by atoms with E-state index in [0.29, 0.717) is 16.7 Å². The van der Waals surface area contributed by atoms with E-state index < -0.39 is 0 Å². The maximum atomic E-state index is 14.9. The molecule has 3 heteroatoms. The molecule has 120 valence electrons. The Kier molecular flexibility index (Phi) is 3.31. The van der Waals surface area contributed by atoms with Crippen molar-refractivity contribution in [1.29, 1.82) is 0 Å². The normalized spacial score (nSPS) is 11.3. The predicted molar refractivity (Wildman–Crippen MR) is 95.6 cm³/mol. The van der Waals surface area contributed by atoms with Crippen molar-refractivity contribution in [1.82, 2.24) is 4.98 Å². The van der Waals surface area contributed by atoms with Crippen molar-refractivity contribution in [2.75, 3.05) is 0 Å². The van der Waals surface area contributed by atoms with Crippen molar-refractivity contribution in [3.8, 4) is 22.7 Å². The Morgan fingerprint density at radius 2 is 1.46 bits per heavy atom. The lowest BCUT2D eigenvalue weighted by atomic mass is 10.1. The second-order valence-corrected chi connectivity index (χ2v) is 6.30. The molecule has 2 heterocycles. The average Bonchev–Trinajstić information content (AvgIpc) is 3.17. The molecule has 0 atom stereocenters. The third-order valence-corrected chi connectivity index (χ3v) is 4.48. The van der Waals surface area contributed by atoms with Gasteiger partial charge in [0, 0.05) is 5.69 Å². The quantitative estimate of drug-likeness (QED) is 0.471. The van der Waals surface area contributed by atoms with E-state index in [0.717, 1.165) is 22.4 Å². The topological polar surface area (TPSA) is 28.9 Å². The Morgan fingerprint density at radius 1 is 0.792 bits per heavy atom. The van der Waals surface area contributed by atoms with E-state index in [1.165, 1.54) is 5.56 Å². The standard InChI is InChI=1S/C21H18FNO/c1-12-4-8-15(9-5-12)16-10-11-17(23-16)21-19(22)18-13(2)6-7-14(3)20(18)24-21/h4-11,23H,1-3H3. The summed E-state index contributed by atoms with van der Waals surface area (Å²) in [6, 6.07) is 15.9. The second-order valence-electron chi connectivity index (χ2n) is 6.30. The minimum absolute atomic E-state index is 0.265. The van der Waals surface area contributed by atoms with Crippen LogP contribution in [0.4, 0.5) is 4.39 Å². The van der Waals surface area contributed by atoms with Gasteiger partial charge in [0.15, 0.2) is 11.6 Å². The van der Waals surface area contributed by atoms with Gasteiger partial charge in [-0.05, 0) is 49.6 Å². The van der Waals surface area contributed by atoms with Gasteiger partial charge in [-0.15, -0.1) is 0 Å². The van der Waals surface area contributed by atoms with Crippen molar-refractivity contribution < 1.29 is 8.81 Å². The number of H-pyrrole nitrogens is 1. The first-order valence-electron chi connectivity index (χ1n) is 7.99. The van der Waals surface area contributed by atoms with Crippen LogP contribution in [0.1, 0.15) is 16.7 Å². The molecule has 0 bridgehead atoms. The maximum absolute atomic E-state index is 14.9. The van der Waals surface area contributed by atoms with Gasteiger partial charge in [-0.1, -0.05) is 42.0 Å². The molecule has 2 aromatic carbocycles. The van der Waals surface area contributed by atoms with E-state index in [4.69, 9.17) is 4.42 Å². The van der Waals surface area contributed by atoms with Gasteiger partial charge in [0.2, 0.25) is 0 Å². The van der Waals surface area contributed by atoms with Crippen molar-refractivity contribution in [3.05, 3.63) is 71.0 Å². The van der Waals surface area contributed by atoms with Crippen LogP contribution >= 0.6 is 0 Å². The molecular weight excluding hydrogens is 301 g/mol. The van der Waals surface area contributed by atoms with Crippen LogP contribution in [0, 0.1) is 26.6 Å². The molecule has 4 rings (SSSR count). The molecule has 0 fully saturated rings. The molecule has 1 N–H and O–H groups in total. The number of aromatic amines is 1. The summed E-state index contributed by atoms with van der Waals surface area (Å²) in [5.41, 5.74) is 6.31. The van der Waals surface area contributed by atoms with Crippen molar-refractivity contribution in [3.63, 3.8) is 0 Å². The van der Waals surface area contributed by atoms with Gasteiger partial charge in [0.25, 0.3) is 0 Å². The number of halogens is 1. The van der Waals surface area contributed by atoms with Gasteiger partial charge in [0.1, 0.15) is 5.58 Å². The highest BCUT2D eigenvalue weighted by atomic mass is 19.1. The summed E-state index contributed by atoms with van der Waals surface area (Å²) >= 11 is 0. The molecule has 24 heavy (non-hydrogen) atoms. The molecule has 0 amide bonds. The van der Waals surface area contributed by atoms with Crippen LogP contribution in [0.15, 0.2) is 52.9 Å². The molecule has 0 aliphatic carbocycles. The highest BCUT2D eigenvalue weighted by Crippen LogP contribution is 2.36. The Bertz CT molecular complexity index is 1040. The van der Waals surface area contributed by atoms with Crippen LogP contribution in [0.5, 0.6) is 0 Å². The summed E-state index contributed by atoms with van der Waals surface area (Å²) in [7, 11) is 0. The lowest BCUT2D eigenvalue weighted by Crippen LogP contribution is -1.82. The second kappa shape index (κ2) is 5.38. The number of aryl methyl sites for hydroxylation is 3. The zero-order valence-corrected chi connectivity index (χ0v) is 13.9. The van der Waals surface area contributed by atoms with E-state index in [1.807, 2.05) is 50.2 Å². The van der Waals surface area contributed by atoms with Crippen LogP contribution in [-0.4, -0.2) is 4.98 Å². The lowest BCUT2D eigenvalue weighted by Gasteiger charge is -1.99. The molecule has 0 saturated heterocycles. The highest BCUT2D eigenvalue weighted by Gasteiger charge is 2.20. The van der Waals surface area contributed by atoms with Crippen molar-refractivity contribution >= 4 is 11.0 Å². The molecule has 0 aliphatic rings. The SMILES string of the molecule is Cc1ccc(-c2ccc(-c3oc4c(C)ccc(C)c4c3F)[nH]2)cc1. The van der Waals surface area contributed by atoms with E-state index in [2.05, 4.69) is 24.0 Å². The third kappa shape index (κ3) is 2.24. The molecule has 2 nitrogen and oxygen atoms in total. The summed E-state index contributed by atoms with van der Waals surface area (Å²) in [6.07, 6.45) is 0. The van der Waals surface area contributed by atoms with Gasteiger partial charge in [-0.25, -0.2) is 4.39 Å². The predicted octanol–water partition coefficient (Wildman–Crippen LogP) is 6.16. The zero-order valence-electron chi connectivity index (χ0n) is 13.9. The number of rotatable bonds is 2. The number of benzene rings is 2. The Labute approximate surface area is 139 Å². The van der Waals surface area contributed by atoms with Crippen LogP contribution in [0.2, 0.25) is 0 Å². The number of furan rings is 1. The first-order valence-corrected chi connectivity index (χ1v) is 7.99. The third-order valence-electron chi connectivity index (χ3n) is 4.48. The first kappa shape index (κ1) is 14.8. The number of fused-ring (bicyclic) bond motifs is 1.